The Morgan fingerprint density at radius 3 is 2.80 bits per heavy atom. The largest absolute Gasteiger partial charge is 0.478 e. The summed E-state index contributed by atoms with van der Waals surface area (Å²) in [6.45, 7) is 4.04. The minimum absolute atomic E-state index is 0.218. The van der Waals surface area contributed by atoms with Crippen molar-refractivity contribution in [3.8, 4) is 0 Å². The van der Waals surface area contributed by atoms with Crippen LogP contribution < -0.4 is 11.1 Å². The van der Waals surface area contributed by atoms with Crippen LogP contribution in [0.25, 0.3) is 0 Å². The fourth-order valence-electron chi connectivity index (χ4n) is 1.23. The van der Waals surface area contributed by atoms with E-state index in [4.69, 9.17) is 10.8 Å². The number of carboxylic acids is 1. The van der Waals surface area contributed by atoms with Crippen molar-refractivity contribution in [1.82, 2.24) is 0 Å². The van der Waals surface area contributed by atoms with Gasteiger partial charge in [-0.3, -0.25) is 0 Å². The molecule has 0 amide bonds. The van der Waals surface area contributed by atoms with Crippen molar-refractivity contribution in [1.29, 1.82) is 0 Å². The zero-order valence-corrected chi connectivity index (χ0v) is 8.95. The molecule has 1 aromatic carbocycles. The standard InChI is InChI=1S/C11H16N2O2/c1-3-7(2)13-10-5-4-8(12)6-9(10)11(14)15/h4-7,13H,3,12H2,1-2H3,(H,14,15)/t7-/m1/s1. The molecule has 4 N–H and O–H groups in total. The van der Waals surface area contributed by atoms with Gasteiger partial charge >= 0.3 is 5.97 Å². The molecule has 4 heteroatoms. The van der Waals surface area contributed by atoms with Crippen molar-refractivity contribution >= 4 is 17.3 Å². The normalized spacial score (nSPS) is 12.1. The summed E-state index contributed by atoms with van der Waals surface area (Å²) in [6, 6.07) is 5.10. The zero-order valence-electron chi connectivity index (χ0n) is 8.95. The van der Waals surface area contributed by atoms with Gasteiger partial charge in [0.15, 0.2) is 0 Å². The van der Waals surface area contributed by atoms with E-state index >= 15 is 0 Å². The van der Waals surface area contributed by atoms with Crippen molar-refractivity contribution in [2.24, 2.45) is 0 Å². The first-order valence-electron chi connectivity index (χ1n) is 4.94. The van der Waals surface area contributed by atoms with Gasteiger partial charge in [0, 0.05) is 17.4 Å². The van der Waals surface area contributed by atoms with Gasteiger partial charge in [-0.2, -0.15) is 0 Å². The molecule has 0 bridgehead atoms. The molecule has 0 spiro atoms. The lowest BCUT2D eigenvalue weighted by atomic mass is 10.1. The lowest BCUT2D eigenvalue weighted by Gasteiger charge is -2.15. The highest BCUT2D eigenvalue weighted by Gasteiger charge is 2.11. The van der Waals surface area contributed by atoms with Gasteiger partial charge in [0.05, 0.1) is 5.56 Å². The van der Waals surface area contributed by atoms with Crippen molar-refractivity contribution in [2.45, 2.75) is 26.3 Å². The van der Waals surface area contributed by atoms with Crippen LogP contribution in [0.15, 0.2) is 18.2 Å². The van der Waals surface area contributed by atoms with Gasteiger partial charge in [-0.25, -0.2) is 4.79 Å². The van der Waals surface area contributed by atoms with Gasteiger partial charge < -0.3 is 16.2 Å². The maximum Gasteiger partial charge on any atom is 0.337 e. The Kier molecular flexibility index (Phi) is 3.55. The Morgan fingerprint density at radius 2 is 2.27 bits per heavy atom. The van der Waals surface area contributed by atoms with Crippen molar-refractivity contribution in [3.05, 3.63) is 23.8 Å². The summed E-state index contributed by atoms with van der Waals surface area (Å²) in [7, 11) is 0. The highest BCUT2D eigenvalue weighted by molar-refractivity contribution is 5.95. The first-order valence-corrected chi connectivity index (χ1v) is 4.94. The van der Waals surface area contributed by atoms with Crippen LogP contribution >= 0.6 is 0 Å². The maximum absolute atomic E-state index is 10.9. The Bertz CT molecular complexity index is 364. The summed E-state index contributed by atoms with van der Waals surface area (Å²) >= 11 is 0. The Balaban J connectivity index is 3.01. The minimum atomic E-state index is -0.965. The van der Waals surface area contributed by atoms with Crippen LogP contribution in [-0.4, -0.2) is 17.1 Å². The summed E-state index contributed by atoms with van der Waals surface area (Å²) in [4.78, 5) is 10.9. The van der Waals surface area contributed by atoms with E-state index in [0.717, 1.165) is 6.42 Å². The molecule has 1 rings (SSSR count). The molecular weight excluding hydrogens is 192 g/mol. The van der Waals surface area contributed by atoms with Crippen LogP contribution in [0.1, 0.15) is 30.6 Å². The number of benzene rings is 1. The topological polar surface area (TPSA) is 75.3 Å². The highest BCUT2D eigenvalue weighted by atomic mass is 16.4. The summed E-state index contributed by atoms with van der Waals surface area (Å²) in [5, 5.41) is 12.1. The molecule has 0 heterocycles. The van der Waals surface area contributed by atoms with Gasteiger partial charge in [-0.15, -0.1) is 0 Å². The molecule has 0 fully saturated rings. The molecule has 1 aromatic rings. The second kappa shape index (κ2) is 4.68. The van der Waals surface area contributed by atoms with Crippen LogP contribution in [0.3, 0.4) is 0 Å². The number of anilines is 2. The second-order valence-corrected chi connectivity index (χ2v) is 3.56. The van der Waals surface area contributed by atoms with E-state index in [1.807, 2.05) is 13.8 Å². The second-order valence-electron chi connectivity index (χ2n) is 3.56. The quantitative estimate of drug-likeness (QED) is 0.663. The lowest BCUT2D eigenvalue weighted by Crippen LogP contribution is -2.16. The molecule has 0 aromatic heterocycles. The van der Waals surface area contributed by atoms with Crippen LogP contribution in [0.4, 0.5) is 11.4 Å². The smallest absolute Gasteiger partial charge is 0.337 e. The van der Waals surface area contributed by atoms with E-state index in [0.29, 0.717) is 11.4 Å². The molecule has 0 saturated heterocycles. The number of carboxylic acid groups (broad SMARTS) is 1. The number of hydrogen-bond acceptors (Lipinski definition) is 3. The van der Waals surface area contributed by atoms with E-state index in [2.05, 4.69) is 5.32 Å². The number of aromatic carboxylic acids is 1. The minimum Gasteiger partial charge on any atom is -0.478 e. The van der Waals surface area contributed by atoms with Crippen LogP contribution in [-0.2, 0) is 0 Å². The number of nitrogen functional groups attached to an aromatic ring is 1. The van der Waals surface area contributed by atoms with Crippen molar-refractivity contribution in [2.75, 3.05) is 11.1 Å². The third-order valence-electron chi connectivity index (χ3n) is 2.29. The van der Waals surface area contributed by atoms with Crippen LogP contribution in [0.2, 0.25) is 0 Å². The highest BCUT2D eigenvalue weighted by Crippen LogP contribution is 2.20. The molecule has 0 radical (unpaired) electrons. The van der Waals surface area contributed by atoms with Gasteiger partial charge in [0.2, 0.25) is 0 Å². The molecule has 0 unspecified atom stereocenters. The summed E-state index contributed by atoms with van der Waals surface area (Å²) in [5.74, 6) is -0.965. The number of nitrogens with one attached hydrogen (secondary N) is 1. The van der Waals surface area contributed by atoms with Crippen LogP contribution in [0.5, 0.6) is 0 Å². The third kappa shape index (κ3) is 2.87. The maximum atomic E-state index is 10.9. The zero-order chi connectivity index (χ0) is 11.4. The SMILES string of the molecule is CC[C@@H](C)Nc1ccc(N)cc1C(=O)O. The number of nitrogens with two attached hydrogens (primary N) is 1. The van der Waals surface area contributed by atoms with E-state index in [9.17, 15) is 4.79 Å². The summed E-state index contributed by atoms with van der Waals surface area (Å²) in [6.07, 6.45) is 0.934. The molecule has 0 saturated carbocycles. The van der Waals surface area contributed by atoms with Gasteiger partial charge in [0.25, 0.3) is 0 Å². The first kappa shape index (κ1) is 11.4. The molecule has 0 aliphatic carbocycles. The molecule has 82 valence electrons. The van der Waals surface area contributed by atoms with Crippen LogP contribution in [0, 0.1) is 0 Å². The number of carbonyl (C=O) groups is 1. The monoisotopic (exact) mass is 208 g/mol. The third-order valence-corrected chi connectivity index (χ3v) is 2.29. The molecule has 1 atom stereocenters. The molecule has 0 aliphatic rings. The average Bonchev–Trinajstić information content (AvgIpc) is 2.20. The number of rotatable bonds is 4. The summed E-state index contributed by atoms with van der Waals surface area (Å²) in [5.41, 5.74) is 6.83. The van der Waals surface area contributed by atoms with E-state index < -0.39 is 5.97 Å². The first-order chi connectivity index (χ1) is 7.04. The number of hydrogen-bond donors (Lipinski definition) is 3. The Labute approximate surface area is 89.1 Å². The molecular formula is C11H16N2O2. The van der Waals surface area contributed by atoms with Gasteiger partial charge in [-0.1, -0.05) is 6.92 Å². The van der Waals surface area contributed by atoms with Crippen molar-refractivity contribution < 1.29 is 9.90 Å². The molecule has 0 aliphatic heterocycles. The predicted molar refractivity (Wildman–Crippen MR) is 61.2 cm³/mol. The van der Waals surface area contributed by atoms with E-state index in [-0.39, 0.29) is 11.6 Å². The van der Waals surface area contributed by atoms with E-state index in [1.54, 1.807) is 12.1 Å². The predicted octanol–water partition coefficient (Wildman–Crippen LogP) is 2.18. The average molecular weight is 208 g/mol. The fourth-order valence-corrected chi connectivity index (χ4v) is 1.23. The van der Waals surface area contributed by atoms with E-state index in [1.165, 1.54) is 6.07 Å². The Morgan fingerprint density at radius 1 is 1.60 bits per heavy atom. The Hall–Kier alpha value is -1.71. The fraction of sp³-hybridized carbons (Fsp3) is 0.364. The van der Waals surface area contributed by atoms with Gasteiger partial charge in [-0.05, 0) is 31.5 Å². The van der Waals surface area contributed by atoms with Crippen molar-refractivity contribution in [3.63, 3.8) is 0 Å². The lowest BCUT2D eigenvalue weighted by molar-refractivity contribution is 0.0698. The van der Waals surface area contributed by atoms with Gasteiger partial charge in [0.1, 0.15) is 0 Å². The molecule has 15 heavy (non-hydrogen) atoms. The summed E-state index contributed by atoms with van der Waals surface area (Å²) < 4.78 is 0. The molecule has 4 nitrogen and oxygen atoms in total.